The average Bonchev–Trinajstić information content (AvgIpc) is 2.64. The first-order chi connectivity index (χ1) is 6.75. The molecule has 1 unspecified atom stereocenters. The standard InChI is InChI=1S/C12H21NO/c1-9-8-11(6-7-12(9)13)14-10-4-2-3-5-10/h6,9-10,12H,2-5,7-8,13H2,1H3/t9-,12?/m0/s1. The number of rotatable bonds is 2. The van der Waals surface area contributed by atoms with E-state index in [0.29, 0.717) is 18.1 Å². The highest BCUT2D eigenvalue weighted by molar-refractivity contribution is 5.03. The van der Waals surface area contributed by atoms with Crippen molar-refractivity contribution in [2.45, 2.75) is 57.6 Å². The van der Waals surface area contributed by atoms with E-state index in [4.69, 9.17) is 10.5 Å². The summed E-state index contributed by atoms with van der Waals surface area (Å²) in [5, 5.41) is 0. The Labute approximate surface area is 86.5 Å². The van der Waals surface area contributed by atoms with E-state index in [1.54, 1.807) is 0 Å². The van der Waals surface area contributed by atoms with Gasteiger partial charge < -0.3 is 10.5 Å². The van der Waals surface area contributed by atoms with Crippen LogP contribution >= 0.6 is 0 Å². The Hall–Kier alpha value is -0.500. The summed E-state index contributed by atoms with van der Waals surface area (Å²) in [6, 6.07) is 0.339. The van der Waals surface area contributed by atoms with Gasteiger partial charge in [0, 0.05) is 12.5 Å². The smallest absolute Gasteiger partial charge is 0.0982 e. The van der Waals surface area contributed by atoms with Crippen molar-refractivity contribution in [3.05, 3.63) is 11.8 Å². The Morgan fingerprint density at radius 3 is 2.71 bits per heavy atom. The van der Waals surface area contributed by atoms with Crippen LogP contribution in [0.1, 0.15) is 45.4 Å². The molecule has 0 amide bonds. The molecule has 1 fully saturated rings. The first-order valence-corrected chi connectivity index (χ1v) is 5.87. The lowest BCUT2D eigenvalue weighted by atomic mass is 9.90. The minimum Gasteiger partial charge on any atom is -0.495 e. The second-order valence-electron chi connectivity index (χ2n) is 4.78. The molecule has 0 bridgehead atoms. The van der Waals surface area contributed by atoms with Gasteiger partial charge in [0.15, 0.2) is 0 Å². The topological polar surface area (TPSA) is 35.2 Å². The van der Waals surface area contributed by atoms with Gasteiger partial charge in [-0.25, -0.2) is 0 Å². The molecule has 14 heavy (non-hydrogen) atoms. The first-order valence-electron chi connectivity index (χ1n) is 5.87. The summed E-state index contributed by atoms with van der Waals surface area (Å²) < 4.78 is 5.98. The Morgan fingerprint density at radius 1 is 1.36 bits per heavy atom. The maximum absolute atomic E-state index is 5.98. The van der Waals surface area contributed by atoms with Gasteiger partial charge in [0.2, 0.25) is 0 Å². The lowest BCUT2D eigenvalue weighted by Gasteiger charge is -2.27. The van der Waals surface area contributed by atoms with E-state index in [-0.39, 0.29) is 0 Å². The number of ether oxygens (including phenoxy) is 1. The van der Waals surface area contributed by atoms with E-state index in [2.05, 4.69) is 13.0 Å². The molecular weight excluding hydrogens is 174 g/mol. The van der Waals surface area contributed by atoms with E-state index in [1.807, 2.05) is 0 Å². The quantitative estimate of drug-likeness (QED) is 0.735. The second kappa shape index (κ2) is 4.35. The summed E-state index contributed by atoms with van der Waals surface area (Å²) in [6.07, 6.45) is 9.90. The molecule has 2 atom stereocenters. The van der Waals surface area contributed by atoms with Gasteiger partial charge in [0.05, 0.1) is 11.9 Å². The van der Waals surface area contributed by atoms with Crippen molar-refractivity contribution < 1.29 is 4.74 Å². The minimum atomic E-state index is 0.339. The van der Waals surface area contributed by atoms with Crippen LogP contribution < -0.4 is 5.73 Å². The third-order valence-electron chi connectivity index (χ3n) is 3.49. The van der Waals surface area contributed by atoms with E-state index in [1.165, 1.54) is 31.4 Å². The molecule has 2 heteroatoms. The van der Waals surface area contributed by atoms with Gasteiger partial charge in [-0.05, 0) is 44.1 Å². The zero-order valence-corrected chi connectivity index (χ0v) is 9.04. The van der Waals surface area contributed by atoms with Crippen molar-refractivity contribution >= 4 is 0 Å². The third-order valence-corrected chi connectivity index (χ3v) is 3.49. The number of allylic oxidation sites excluding steroid dienone is 1. The van der Waals surface area contributed by atoms with Gasteiger partial charge >= 0.3 is 0 Å². The summed E-state index contributed by atoms with van der Waals surface area (Å²) in [4.78, 5) is 0. The van der Waals surface area contributed by atoms with Crippen LogP contribution in [0.2, 0.25) is 0 Å². The highest BCUT2D eigenvalue weighted by Gasteiger charge is 2.23. The molecule has 2 N–H and O–H groups in total. The highest BCUT2D eigenvalue weighted by Crippen LogP contribution is 2.29. The van der Waals surface area contributed by atoms with E-state index in [9.17, 15) is 0 Å². The second-order valence-corrected chi connectivity index (χ2v) is 4.78. The number of nitrogens with two attached hydrogens (primary N) is 1. The average molecular weight is 195 g/mol. The van der Waals surface area contributed by atoms with Crippen molar-refractivity contribution in [2.24, 2.45) is 11.7 Å². The molecule has 2 rings (SSSR count). The van der Waals surface area contributed by atoms with E-state index < -0.39 is 0 Å². The Kier molecular flexibility index (Phi) is 3.12. The predicted molar refractivity (Wildman–Crippen MR) is 57.8 cm³/mol. The van der Waals surface area contributed by atoms with Gasteiger partial charge in [0.25, 0.3) is 0 Å². The monoisotopic (exact) mass is 195 g/mol. The minimum absolute atomic E-state index is 0.339. The molecule has 2 aliphatic rings. The molecule has 1 saturated carbocycles. The van der Waals surface area contributed by atoms with Crippen LogP contribution in [0.25, 0.3) is 0 Å². The summed E-state index contributed by atoms with van der Waals surface area (Å²) in [7, 11) is 0. The molecule has 0 aromatic rings. The van der Waals surface area contributed by atoms with E-state index >= 15 is 0 Å². The van der Waals surface area contributed by atoms with Crippen molar-refractivity contribution in [2.75, 3.05) is 0 Å². The zero-order valence-electron chi connectivity index (χ0n) is 9.04. The fourth-order valence-electron chi connectivity index (χ4n) is 2.37. The first kappa shape index (κ1) is 10.0. The van der Waals surface area contributed by atoms with Crippen molar-refractivity contribution in [3.63, 3.8) is 0 Å². The molecule has 0 saturated heterocycles. The van der Waals surface area contributed by atoms with Crippen LogP contribution in [0.4, 0.5) is 0 Å². The maximum Gasteiger partial charge on any atom is 0.0982 e. The van der Waals surface area contributed by atoms with E-state index in [0.717, 1.165) is 12.8 Å². The maximum atomic E-state index is 5.98. The lowest BCUT2D eigenvalue weighted by molar-refractivity contribution is 0.102. The largest absolute Gasteiger partial charge is 0.495 e. The molecule has 0 spiro atoms. The molecule has 2 aliphatic carbocycles. The normalized spacial score (nSPS) is 34.3. The lowest BCUT2D eigenvalue weighted by Crippen LogP contribution is -2.31. The summed E-state index contributed by atoms with van der Waals surface area (Å²) >= 11 is 0. The highest BCUT2D eigenvalue weighted by atomic mass is 16.5. The van der Waals surface area contributed by atoms with Gasteiger partial charge in [-0.1, -0.05) is 6.92 Å². The van der Waals surface area contributed by atoms with Crippen molar-refractivity contribution in [1.29, 1.82) is 0 Å². The molecule has 80 valence electrons. The molecular formula is C12H21NO. The molecule has 0 aromatic carbocycles. The number of hydrogen-bond donors (Lipinski definition) is 1. The van der Waals surface area contributed by atoms with Crippen LogP contribution in [0.5, 0.6) is 0 Å². The van der Waals surface area contributed by atoms with Crippen LogP contribution in [0, 0.1) is 5.92 Å². The van der Waals surface area contributed by atoms with Crippen LogP contribution in [0.3, 0.4) is 0 Å². The molecule has 0 aromatic heterocycles. The van der Waals surface area contributed by atoms with Gasteiger partial charge in [-0.15, -0.1) is 0 Å². The SMILES string of the molecule is C[C@H]1CC(OC2CCCC2)=CCC1N. The van der Waals surface area contributed by atoms with Crippen molar-refractivity contribution in [3.8, 4) is 0 Å². The zero-order chi connectivity index (χ0) is 9.97. The van der Waals surface area contributed by atoms with Gasteiger partial charge in [0.1, 0.15) is 0 Å². The molecule has 0 aliphatic heterocycles. The fourth-order valence-corrected chi connectivity index (χ4v) is 2.37. The molecule has 2 nitrogen and oxygen atoms in total. The van der Waals surface area contributed by atoms with Gasteiger partial charge in [-0.2, -0.15) is 0 Å². The Balaban J connectivity index is 1.85. The van der Waals surface area contributed by atoms with Crippen LogP contribution in [0.15, 0.2) is 11.8 Å². The molecule has 0 heterocycles. The fraction of sp³-hybridized carbons (Fsp3) is 0.833. The third kappa shape index (κ3) is 2.30. The Bertz CT molecular complexity index is 218. The Morgan fingerprint density at radius 2 is 2.07 bits per heavy atom. The summed E-state index contributed by atoms with van der Waals surface area (Å²) in [6.45, 7) is 2.22. The number of hydrogen-bond acceptors (Lipinski definition) is 2. The van der Waals surface area contributed by atoms with Crippen molar-refractivity contribution in [1.82, 2.24) is 0 Å². The van der Waals surface area contributed by atoms with Crippen LogP contribution in [-0.4, -0.2) is 12.1 Å². The molecule has 0 radical (unpaired) electrons. The van der Waals surface area contributed by atoms with Gasteiger partial charge in [-0.3, -0.25) is 0 Å². The summed E-state index contributed by atoms with van der Waals surface area (Å²) in [5.41, 5.74) is 5.95. The summed E-state index contributed by atoms with van der Waals surface area (Å²) in [5.74, 6) is 1.78. The predicted octanol–water partition coefficient (Wildman–Crippen LogP) is 2.59. The van der Waals surface area contributed by atoms with Crippen LogP contribution in [-0.2, 0) is 4.74 Å².